The van der Waals surface area contributed by atoms with Crippen molar-refractivity contribution < 1.29 is 9.53 Å². The molecule has 3 rings (SSSR count). The van der Waals surface area contributed by atoms with Gasteiger partial charge in [-0.2, -0.15) is 0 Å². The quantitative estimate of drug-likeness (QED) is 0.532. The average Bonchev–Trinajstić information content (AvgIpc) is 2.57. The van der Waals surface area contributed by atoms with Crippen LogP contribution in [0.3, 0.4) is 0 Å². The molecule has 0 amide bonds. The molecule has 1 atom stereocenters. The first-order valence-electron chi connectivity index (χ1n) is 8.67. The zero-order chi connectivity index (χ0) is 18.7. The van der Waals surface area contributed by atoms with Crippen LogP contribution in [0.2, 0.25) is 0 Å². The van der Waals surface area contributed by atoms with Crippen molar-refractivity contribution in [3.05, 3.63) is 88.5 Å². The summed E-state index contributed by atoms with van der Waals surface area (Å²) in [4.78, 5) is 12.9. The number of rotatable bonds is 5. The van der Waals surface area contributed by atoms with Gasteiger partial charge in [-0.15, -0.1) is 0 Å². The van der Waals surface area contributed by atoms with Gasteiger partial charge < -0.3 is 4.74 Å². The Morgan fingerprint density at radius 1 is 0.769 bits per heavy atom. The predicted molar refractivity (Wildman–Crippen MR) is 111 cm³/mol. The highest BCUT2D eigenvalue weighted by Gasteiger charge is 2.15. The lowest BCUT2D eigenvalue weighted by molar-refractivity contribution is 0.108. The van der Waals surface area contributed by atoms with Crippen molar-refractivity contribution in [2.24, 2.45) is 0 Å². The van der Waals surface area contributed by atoms with Crippen LogP contribution in [0.15, 0.2) is 60.7 Å². The van der Waals surface area contributed by atoms with Crippen LogP contribution >= 0.6 is 8.58 Å². The number of hydrogen-bond acceptors (Lipinski definition) is 2. The first-order valence-corrected chi connectivity index (χ1v) is 9.67. The third kappa shape index (κ3) is 4.20. The molecule has 0 saturated carbocycles. The molecule has 0 heterocycles. The molecule has 0 bridgehead atoms. The van der Waals surface area contributed by atoms with Crippen LogP contribution in [0, 0.1) is 27.7 Å². The van der Waals surface area contributed by atoms with E-state index in [2.05, 4.69) is 19.1 Å². The second-order valence-corrected chi connectivity index (χ2v) is 7.86. The van der Waals surface area contributed by atoms with Gasteiger partial charge in [0.2, 0.25) is 0 Å². The Labute approximate surface area is 157 Å². The number of hydrogen-bond donors (Lipinski definition) is 0. The zero-order valence-electron chi connectivity index (χ0n) is 15.6. The maximum atomic E-state index is 12.9. The number of carbonyl (C=O) groups excluding carboxylic acids is 1. The topological polar surface area (TPSA) is 26.3 Å². The summed E-state index contributed by atoms with van der Waals surface area (Å²) in [5, 5.41) is 1.06. The normalized spacial score (nSPS) is 11.1. The minimum absolute atomic E-state index is 0.114. The Morgan fingerprint density at radius 2 is 1.42 bits per heavy atom. The van der Waals surface area contributed by atoms with Crippen LogP contribution in [0.25, 0.3) is 0 Å². The summed E-state index contributed by atoms with van der Waals surface area (Å²) in [5.74, 6) is 1.60. The molecule has 132 valence electrons. The summed E-state index contributed by atoms with van der Waals surface area (Å²) in [6.07, 6.45) is 0. The highest BCUT2D eigenvalue weighted by atomic mass is 31.1. The third-order valence-electron chi connectivity index (χ3n) is 4.33. The SMILES string of the molecule is Cc1cc(C)c(C(=O)Pc2ccc(Oc3ccccc3)cc2C)c(C)c1. The van der Waals surface area contributed by atoms with Crippen molar-refractivity contribution in [2.75, 3.05) is 0 Å². The fraction of sp³-hybridized carbons (Fsp3) is 0.174. The van der Waals surface area contributed by atoms with Gasteiger partial charge in [-0.3, -0.25) is 4.79 Å². The minimum Gasteiger partial charge on any atom is -0.457 e. The Kier molecular flexibility index (Phi) is 5.54. The molecule has 3 aromatic carbocycles. The molecule has 1 unspecified atom stereocenters. The molecular formula is C23H23O2P. The number of benzene rings is 3. The predicted octanol–water partition coefficient (Wildman–Crippen LogP) is 5.86. The minimum atomic E-state index is 0.114. The lowest BCUT2D eigenvalue weighted by atomic mass is 10.0. The van der Waals surface area contributed by atoms with Crippen molar-refractivity contribution in [2.45, 2.75) is 27.7 Å². The van der Waals surface area contributed by atoms with Gasteiger partial charge in [-0.1, -0.05) is 42.0 Å². The van der Waals surface area contributed by atoms with E-state index in [-0.39, 0.29) is 14.1 Å². The molecule has 0 fully saturated rings. The van der Waals surface area contributed by atoms with Gasteiger partial charge in [0, 0.05) is 5.56 Å². The van der Waals surface area contributed by atoms with E-state index in [1.807, 2.05) is 69.3 Å². The van der Waals surface area contributed by atoms with Gasteiger partial charge in [0.25, 0.3) is 0 Å². The molecule has 0 spiro atoms. The van der Waals surface area contributed by atoms with Crippen molar-refractivity contribution in [1.29, 1.82) is 0 Å². The summed E-state index contributed by atoms with van der Waals surface area (Å²) in [7, 11) is 0.114. The van der Waals surface area contributed by atoms with E-state index < -0.39 is 0 Å². The first-order chi connectivity index (χ1) is 12.4. The molecule has 0 saturated heterocycles. The molecule has 3 aromatic rings. The molecule has 0 radical (unpaired) electrons. The number of para-hydroxylation sites is 1. The Morgan fingerprint density at radius 3 is 2.04 bits per heavy atom. The summed E-state index contributed by atoms with van der Waals surface area (Å²) in [5.41, 5.74) is 5.44. The smallest absolute Gasteiger partial charge is 0.186 e. The molecule has 26 heavy (non-hydrogen) atoms. The molecule has 0 N–H and O–H groups in total. The molecular weight excluding hydrogens is 339 g/mol. The molecule has 0 aliphatic carbocycles. The van der Waals surface area contributed by atoms with Gasteiger partial charge in [-0.05, 0) is 82.5 Å². The van der Waals surface area contributed by atoms with Crippen molar-refractivity contribution in [1.82, 2.24) is 0 Å². The first kappa shape index (κ1) is 18.4. The lowest BCUT2D eigenvalue weighted by Crippen LogP contribution is -2.07. The zero-order valence-corrected chi connectivity index (χ0v) is 16.6. The fourth-order valence-corrected chi connectivity index (χ4v) is 4.39. The summed E-state index contributed by atoms with van der Waals surface area (Å²) < 4.78 is 5.87. The van der Waals surface area contributed by atoms with Crippen molar-refractivity contribution in [3.63, 3.8) is 0 Å². The van der Waals surface area contributed by atoms with Gasteiger partial charge in [0.1, 0.15) is 11.5 Å². The molecule has 2 nitrogen and oxygen atoms in total. The lowest BCUT2D eigenvalue weighted by Gasteiger charge is -2.13. The van der Waals surface area contributed by atoms with Crippen LogP contribution in [0.4, 0.5) is 0 Å². The van der Waals surface area contributed by atoms with E-state index in [9.17, 15) is 4.79 Å². The van der Waals surface area contributed by atoms with Gasteiger partial charge in [0.05, 0.1) is 0 Å². The van der Waals surface area contributed by atoms with E-state index in [0.717, 1.165) is 39.1 Å². The third-order valence-corrected chi connectivity index (χ3v) is 5.64. The summed E-state index contributed by atoms with van der Waals surface area (Å²) in [6.45, 7) is 8.12. The Hall–Kier alpha value is -2.44. The fourth-order valence-electron chi connectivity index (χ4n) is 3.19. The largest absolute Gasteiger partial charge is 0.457 e. The van der Waals surface area contributed by atoms with E-state index in [1.165, 1.54) is 5.56 Å². The summed E-state index contributed by atoms with van der Waals surface area (Å²) in [6, 6.07) is 19.8. The van der Waals surface area contributed by atoms with Crippen LogP contribution < -0.4 is 10.0 Å². The standard InChI is InChI=1S/C23H23O2P/c1-15-12-17(3)22(18(4)13-15)23(24)26-21-11-10-20(14-16(21)2)25-19-8-6-5-7-9-19/h5-14,26H,1-4H3. The molecule has 3 heteroatoms. The second kappa shape index (κ2) is 7.85. The number of aryl methyl sites for hydroxylation is 4. The van der Waals surface area contributed by atoms with E-state index in [4.69, 9.17) is 4.74 Å². The highest BCUT2D eigenvalue weighted by Crippen LogP contribution is 2.28. The summed E-state index contributed by atoms with van der Waals surface area (Å²) >= 11 is 0. The Bertz CT molecular complexity index is 923. The maximum absolute atomic E-state index is 12.9. The number of carbonyl (C=O) groups is 1. The molecule has 0 aromatic heterocycles. The maximum Gasteiger partial charge on any atom is 0.186 e. The van der Waals surface area contributed by atoms with Crippen LogP contribution in [0.1, 0.15) is 32.6 Å². The number of ether oxygens (including phenoxy) is 1. The van der Waals surface area contributed by atoms with Gasteiger partial charge >= 0.3 is 0 Å². The van der Waals surface area contributed by atoms with Crippen LogP contribution in [-0.2, 0) is 0 Å². The van der Waals surface area contributed by atoms with Crippen LogP contribution in [-0.4, -0.2) is 5.52 Å². The van der Waals surface area contributed by atoms with Gasteiger partial charge in [-0.25, -0.2) is 0 Å². The van der Waals surface area contributed by atoms with E-state index in [1.54, 1.807) is 0 Å². The van der Waals surface area contributed by atoms with Gasteiger partial charge in [0.15, 0.2) is 5.52 Å². The van der Waals surface area contributed by atoms with E-state index >= 15 is 0 Å². The average molecular weight is 362 g/mol. The monoisotopic (exact) mass is 362 g/mol. The van der Waals surface area contributed by atoms with E-state index in [0.29, 0.717) is 0 Å². The van der Waals surface area contributed by atoms with Crippen molar-refractivity contribution in [3.8, 4) is 11.5 Å². The molecule has 0 aliphatic heterocycles. The molecule has 0 aliphatic rings. The van der Waals surface area contributed by atoms with Crippen LogP contribution in [0.5, 0.6) is 11.5 Å². The Balaban J connectivity index is 1.79. The van der Waals surface area contributed by atoms with Crippen molar-refractivity contribution >= 4 is 19.4 Å². The second-order valence-electron chi connectivity index (χ2n) is 6.62. The highest BCUT2D eigenvalue weighted by molar-refractivity contribution is 7.66.